The molecule has 0 aromatic heterocycles. The number of carbonyl (C=O) groups excluding carboxylic acids is 1. The number of hydrogen-bond acceptors (Lipinski definition) is 5. The van der Waals surface area contributed by atoms with E-state index in [1.807, 2.05) is 0 Å². The number of nitro groups is 1. The molecule has 3 rings (SSSR count). The standard InChI is InChI=1S/C25H15NO5S/c1-17(27)32-23-14-8-19(9-15-23)4-10-21-11-7-20(16-24(21)26(30)31)3-2-18-5-12-22(13-6-18)25(28)29/h5-9,11-16H,1H3,(H,28,29). The van der Waals surface area contributed by atoms with E-state index in [-0.39, 0.29) is 21.9 Å². The van der Waals surface area contributed by atoms with Crippen molar-refractivity contribution in [2.45, 2.75) is 11.8 Å². The molecule has 1 N–H and O–H groups in total. The van der Waals surface area contributed by atoms with Gasteiger partial charge in [-0.2, -0.15) is 0 Å². The zero-order valence-corrected chi connectivity index (χ0v) is 17.6. The number of benzene rings is 3. The molecular formula is C25H15NO5S. The lowest BCUT2D eigenvalue weighted by molar-refractivity contribution is -0.385. The topological polar surface area (TPSA) is 97.5 Å². The maximum absolute atomic E-state index is 11.5. The first-order valence-corrected chi connectivity index (χ1v) is 10.1. The van der Waals surface area contributed by atoms with E-state index in [4.69, 9.17) is 5.11 Å². The normalized spacial score (nSPS) is 9.66. The predicted molar refractivity (Wildman–Crippen MR) is 121 cm³/mol. The fraction of sp³-hybridized carbons (Fsp3) is 0.0400. The number of hydrogen-bond donors (Lipinski definition) is 1. The summed E-state index contributed by atoms with van der Waals surface area (Å²) in [5, 5.41) is 20.4. The Morgan fingerprint density at radius 2 is 1.38 bits per heavy atom. The van der Waals surface area contributed by atoms with Crippen molar-refractivity contribution in [3.63, 3.8) is 0 Å². The van der Waals surface area contributed by atoms with E-state index in [1.165, 1.54) is 25.1 Å². The van der Waals surface area contributed by atoms with Crippen LogP contribution in [0.5, 0.6) is 0 Å². The Morgan fingerprint density at radius 1 is 0.844 bits per heavy atom. The van der Waals surface area contributed by atoms with Gasteiger partial charge in [-0.25, -0.2) is 4.79 Å². The molecule has 0 fully saturated rings. The van der Waals surface area contributed by atoms with E-state index < -0.39 is 10.9 Å². The van der Waals surface area contributed by atoms with Crippen LogP contribution in [0.2, 0.25) is 0 Å². The number of carboxylic acid groups (broad SMARTS) is 1. The fourth-order valence-electron chi connectivity index (χ4n) is 2.62. The second kappa shape index (κ2) is 10.1. The molecule has 0 saturated carbocycles. The molecule has 0 aliphatic rings. The Hall–Kier alpha value is -4.33. The van der Waals surface area contributed by atoms with Crippen LogP contribution in [0.25, 0.3) is 0 Å². The van der Waals surface area contributed by atoms with Crippen molar-refractivity contribution < 1.29 is 19.6 Å². The number of aromatic carboxylic acids is 1. The number of thioether (sulfide) groups is 1. The molecule has 0 saturated heterocycles. The number of nitrogens with zero attached hydrogens (tertiary/aromatic N) is 1. The summed E-state index contributed by atoms with van der Waals surface area (Å²) < 4.78 is 0. The van der Waals surface area contributed by atoms with E-state index in [0.717, 1.165) is 16.7 Å². The maximum Gasteiger partial charge on any atom is 0.335 e. The number of rotatable bonds is 3. The summed E-state index contributed by atoms with van der Waals surface area (Å²) in [6, 6.07) is 17.6. The smallest absolute Gasteiger partial charge is 0.335 e. The van der Waals surface area contributed by atoms with E-state index in [9.17, 15) is 19.7 Å². The zero-order chi connectivity index (χ0) is 23.1. The van der Waals surface area contributed by atoms with Crippen LogP contribution < -0.4 is 0 Å². The molecule has 0 amide bonds. The predicted octanol–water partition coefficient (Wildman–Crippen LogP) is 4.73. The second-order valence-electron chi connectivity index (χ2n) is 6.49. The minimum absolute atomic E-state index is 0.0140. The summed E-state index contributed by atoms with van der Waals surface area (Å²) >= 11 is 1.12. The molecule has 0 heterocycles. The van der Waals surface area contributed by atoms with Gasteiger partial charge in [-0.3, -0.25) is 14.9 Å². The molecule has 7 heteroatoms. The van der Waals surface area contributed by atoms with Crippen molar-refractivity contribution in [3.05, 3.63) is 105 Å². The van der Waals surface area contributed by atoms with Crippen LogP contribution in [0.15, 0.2) is 71.6 Å². The number of nitro benzene ring substituents is 1. The van der Waals surface area contributed by atoms with Crippen LogP contribution in [0, 0.1) is 33.8 Å². The summed E-state index contributed by atoms with van der Waals surface area (Å²) in [5.74, 6) is 10.4. The van der Waals surface area contributed by atoms with Crippen molar-refractivity contribution in [1.29, 1.82) is 0 Å². The number of carbonyl (C=O) groups is 2. The van der Waals surface area contributed by atoms with Crippen molar-refractivity contribution >= 4 is 28.5 Å². The molecule has 6 nitrogen and oxygen atoms in total. The van der Waals surface area contributed by atoms with Gasteiger partial charge >= 0.3 is 5.97 Å². The molecule has 0 unspecified atom stereocenters. The SMILES string of the molecule is CC(=O)Sc1ccc(C#Cc2ccc(C#Cc3ccc(C(=O)O)cc3)cc2[N+](=O)[O-])cc1. The Balaban J connectivity index is 1.83. The van der Waals surface area contributed by atoms with Gasteiger partial charge in [-0.05, 0) is 60.7 Å². The Labute approximate surface area is 188 Å². The van der Waals surface area contributed by atoms with Crippen LogP contribution in [0.1, 0.15) is 39.5 Å². The molecule has 32 heavy (non-hydrogen) atoms. The van der Waals surface area contributed by atoms with E-state index in [2.05, 4.69) is 23.7 Å². The van der Waals surface area contributed by atoms with E-state index in [1.54, 1.807) is 48.5 Å². The van der Waals surface area contributed by atoms with Gasteiger partial charge in [-0.15, -0.1) is 0 Å². The molecule has 0 atom stereocenters. The quantitative estimate of drug-likeness (QED) is 0.273. The maximum atomic E-state index is 11.5. The van der Waals surface area contributed by atoms with Gasteiger partial charge in [0.1, 0.15) is 5.56 Å². The fourth-order valence-corrected chi connectivity index (χ4v) is 3.22. The highest BCUT2D eigenvalue weighted by molar-refractivity contribution is 8.13. The lowest BCUT2D eigenvalue weighted by atomic mass is 10.1. The Bertz CT molecular complexity index is 1320. The van der Waals surface area contributed by atoms with Crippen LogP contribution in [-0.4, -0.2) is 21.1 Å². The summed E-state index contributed by atoms with van der Waals surface area (Å²) in [6.07, 6.45) is 0. The highest BCUT2D eigenvalue weighted by Crippen LogP contribution is 2.21. The molecule has 0 aliphatic heterocycles. The molecule has 3 aromatic rings. The van der Waals surface area contributed by atoms with Crippen LogP contribution in [0.3, 0.4) is 0 Å². The zero-order valence-electron chi connectivity index (χ0n) is 16.8. The van der Waals surface area contributed by atoms with E-state index in [0.29, 0.717) is 16.7 Å². The van der Waals surface area contributed by atoms with Gasteiger partial charge in [-0.1, -0.05) is 35.4 Å². The monoisotopic (exact) mass is 441 g/mol. The van der Waals surface area contributed by atoms with Crippen molar-refractivity contribution in [2.75, 3.05) is 0 Å². The minimum Gasteiger partial charge on any atom is -0.478 e. The molecule has 156 valence electrons. The molecule has 0 bridgehead atoms. The molecular weight excluding hydrogens is 426 g/mol. The van der Waals surface area contributed by atoms with Gasteiger partial charge in [0.25, 0.3) is 5.69 Å². The van der Waals surface area contributed by atoms with Crippen molar-refractivity contribution in [2.24, 2.45) is 0 Å². The summed E-state index contributed by atoms with van der Waals surface area (Å²) in [4.78, 5) is 33.8. The third kappa shape index (κ3) is 6.09. The van der Waals surface area contributed by atoms with Crippen LogP contribution >= 0.6 is 11.8 Å². The van der Waals surface area contributed by atoms with Crippen molar-refractivity contribution in [1.82, 2.24) is 0 Å². The van der Waals surface area contributed by atoms with Gasteiger partial charge < -0.3 is 5.11 Å². The first-order chi connectivity index (χ1) is 15.3. The summed E-state index contributed by atoms with van der Waals surface area (Å²) in [5.41, 5.74) is 1.95. The largest absolute Gasteiger partial charge is 0.478 e. The third-order valence-corrected chi connectivity index (χ3v) is 4.93. The first kappa shape index (κ1) is 22.4. The minimum atomic E-state index is -1.03. The second-order valence-corrected chi connectivity index (χ2v) is 7.74. The Kier molecular flexibility index (Phi) is 7.07. The van der Waals surface area contributed by atoms with Gasteiger partial charge in [0.15, 0.2) is 5.12 Å². The van der Waals surface area contributed by atoms with Crippen molar-refractivity contribution in [3.8, 4) is 23.7 Å². The molecule has 3 aromatic carbocycles. The van der Waals surface area contributed by atoms with E-state index >= 15 is 0 Å². The average molecular weight is 441 g/mol. The Morgan fingerprint density at radius 3 is 1.94 bits per heavy atom. The van der Waals surface area contributed by atoms with Gasteiger partial charge in [0, 0.05) is 34.6 Å². The van der Waals surface area contributed by atoms with Crippen LogP contribution in [-0.2, 0) is 4.79 Å². The lowest BCUT2D eigenvalue weighted by Crippen LogP contribution is -1.95. The molecule has 0 aliphatic carbocycles. The van der Waals surface area contributed by atoms with Gasteiger partial charge in [0.2, 0.25) is 0 Å². The summed E-state index contributed by atoms with van der Waals surface area (Å²) in [7, 11) is 0. The van der Waals surface area contributed by atoms with Crippen LogP contribution in [0.4, 0.5) is 5.69 Å². The van der Waals surface area contributed by atoms with Gasteiger partial charge in [0.05, 0.1) is 10.5 Å². The number of carboxylic acids is 1. The summed E-state index contributed by atoms with van der Waals surface area (Å²) in [6.45, 7) is 1.49. The third-order valence-electron chi connectivity index (χ3n) is 4.13. The lowest BCUT2D eigenvalue weighted by Gasteiger charge is -1.98. The highest BCUT2D eigenvalue weighted by atomic mass is 32.2. The molecule has 0 spiro atoms. The molecule has 0 radical (unpaired) electrons. The highest BCUT2D eigenvalue weighted by Gasteiger charge is 2.12. The average Bonchev–Trinajstić information content (AvgIpc) is 2.77. The first-order valence-electron chi connectivity index (χ1n) is 9.26.